The SMILES string of the molecule is O=C(Nc1nccs1)[C@H]1[C@H](CO)[C@H]2Cn3c(cccc3=O)[C@@H]1N2C(=O)C1CCCC1. The topological polar surface area (TPSA) is 105 Å². The molecule has 158 valence electrons. The highest BCUT2D eigenvalue weighted by Gasteiger charge is 2.58. The number of pyridine rings is 1. The maximum atomic E-state index is 13.5. The summed E-state index contributed by atoms with van der Waals surface area (Å²) in [6.45, 7) is 0.0739. The van der Waals surface area contributed by atoms with Crippen LogP contribution in [0.25, 0.3) is 0 Å². The first-order valence-electron chi connectivity index (χ1n) is 10.4. The minimum Gasteiger partial charge on any atom is -0.396 e. The van der Waals surface area contributed by atoms with Crippen molar-refractivity contribution in [1.29, 1.82) is 0 Å². The molecule has 3 aliphatic rings. The molecule has 0 unspecified atom stereocenters. The maximum absolute atomic E-state index is 13.5. The fourth-order valence-corrected chi connectivity index (χ4v) is 6.05. The lowest BCUT2D eigenvalue weighted by atomic mass is 9.86. The van der Waals surface area contributed by atoms with E-state index in [-0.39, 0.29) is 35.9 Å². The van der Waals surface area contributed by atoms with Crippen molar-refractivity contribution in [2.75, 3.05) is 11.9 Å². The summed E-state index contributed by atoms with van der Waals surface area (Å²) in [5.74, 6) is -1.36. The number of hydrogen-bond acceptors (Lipinski definition) is 6. The molecule has 0 spiro atoms. The van der Waals surface area contributed by atoms with Crippen LogP contribution in [0, 0.1) is 17.8 Å². The molecule has 5 rings (SSSR count). The molecule has 1 saturated heterocycles. The molecule has 9 heteroatoms. The summed E-state index contributed by atoms with van der Waals surface area (Å²) < 4.78 is 1.66. The molecular weight excluding hydrogens is 404 g/mol. The van der Waals surface area contributed by atoms with E-state index < -0.39 is 17.9 Å². The van der Waals surface area contributed by atoms with Gasteiger partial charge in [-0.3, -0.25) is 14.4 Å². The normalized spacial score (nSPS) is 27.8. The fourth-order valence-electron chi connectivity index (χ4n) is 5.52. The zero-order chi connectivity index (χ0) is 20.8. The number of aliphatic hydroxyl groups is 1. The van der Waals surface area contributed by atoms with Gasteiger partial charge in [0, 0.05) is 48.3 Å². The lowest BCUT2D eigenvalue weighted by molar-refractivity contribution is -0.140. The number of anilines is 1. The van der Waals surface area contributed by atoms with Crippen LogP contribution in [0.1, 0.15) is 37.4 Å². The van der Waals surface area contributed by atoms with Gasteiger partial charge in [-0.05, 0) is 18.9 Å². The number of carbonyl (C=O) groups excluding carboxylic acids is 2. The van der Waals surface area contributed by atoms with E-state index in [1.165, 1.54) is 17.4 Å². The Labute approximate surface area is 177 Å². The van der Waals surface area contributed by atoms with Gasteiger partial charge in [-0.25, -0.2) is 4.98 Å². The Balaban J connectivity index is 1.58. The minimum absolute atomic E-state index is 0.0444. The Kier molecular flexibility index (Phi) is 4.94. The summed E-state index contributed by atoms with van der Waals surface area (Å²) in [5.41, 5.74) is 0.522. The average Bonchev–Trinajstić information content (AvgIpc) is 3.48. The van der Waals surface area contributed by atoms with E-state index in [4.69, 9.17) is 0 Å². The standard InChI is InChI=1S/C21H24N4O4S/c26-11-13-15-10-24-14(6-3-7-16(24)27)18(25(15)20(29)12-4-1-2-5-12)17(13)19(28)23-21-22-8-9-30-21/h3,6-9,12-13,15,17-18,26H,1-2,4-5,10-11H2,(H,22,23,28)/t13-,15-,17+,18+/m1/s1. The van der Waals surface area contributed by atoms with Gasteiger partial charge in [0.1, 0.15) is 0 Å². The number of nitrogens with one attached hydrogen (secondary N) is 1. The summed E-state index contributed by atoms with van der Waals surface area (Å²) in [4.78, 5) is 45.3. The quantitative estimate of drug-likeness (QED) is 0.770. The van der Waals surface area contributed by atoms with Gasteiger partial charge >= 0.3 is 0 Å². The van der Waals surface area contributed by atoms with Crippen molar-refractivity contribution in [3.8, 4) is 0 Å². The number of rotatable bonds is 4. The molecule has 0 radical (unpaired) electrons. The van der Waals surface area contributed by atoms with Gasteiger partial charge in [0.05, 0.1) is 18.0 Å². The van der Waals surface area contributed by atoms with Crippen molar-refractivity contribution in [1.82, 2.24) is 14.5 Å². The van der Waals surface area contributed by atoms with Crippen molar-refractivity contribution in [3.05, 3.63) is 45.8 Å². The minimum atomic E-state index is -0.648. The summed E-state index contributed by atoms with van der Waals surface area (Å²) >= 11 is 1.32. The third-order valence-electron chi connectivity index (χ3n) is 6.84. The van der Waals surface area contributed by atoms with Crippen LogP contribution >= 0.6 is 11.3 Å². The highest BCUT2D eigenvalue weighted by atomic mass is 32.1. The number of fused-ring (bicyclic) bond motifs is 4. The van der Waals surface area contributed by atoms with E-state index in [1.54, 1.807) is 22.2 Å². The van der Waals surface area contributed by atoms with Gasteiger partial charge in [0.15, 0.2) is 5.13 Å². The summed E-state index contributed by atoms with van der Waals surface area (Å²) in [6, 6.07) is 4.04. The van der Waals surface area contributed by atoms with Crippen LogP contribution in [0.3, 0.4) is 0 Å². The lowest BCUT2D eigenvalue weighted by Gasteiger charge is -2.39. The lowest BCUT2D eigenvalue weighted by Crippen LogP contribution is -2.50. The molecular formula is C21H24N4O4S. The highest BCUT2D eigenvalue weighted by molar-refractivity contribution is 7.13. The molecule has 4 atom stereocenters. The molecule has 2 amide bonds. The van der Waals surface area contributed by atoms with E-state index in [2.05, 4.69) is 10.3 Å². The predicted octanol–water partition coefficient (Wildman–Crippen LogP) is 1.62. The molecule has 0 aromatic carbocycles. The Morgan fingerprint density at radius 2 is 2.07 bits per heavy atom. The van der Waals surface area contributed by atoms with Gasteiger partial charge in [-0.1, -0.05) is 18.9 Å². The number of nitrogens with zero attached hydrogens (tertiary/aromatic N) is 3. The van der Waals surface area contributed by atoms with Gasteiger partial charge in [-0.2, -0.15) is 0 Å². The van der Waals surface area contributed by atoms with Gasteiger partial charge in [-0.15, -0.1) is 11.3 Å². The van der Waals surface area contributed by atoms with Gasteiger partial charge in [0.25, 0.3) is 5.56 Å². The zero-order valence-corrected chi connectivity index (χ0v) is 17.3. The van der Waals surface area contributed by atoms with Crippen molar-refractivity contribution < 1.29 is 14.7 Å². The molecule has 2 bridgehead atoms. The van der Waals surface area contributed by atoms with E-state index in [1.807, 2.05) is 11.0 Å². The van der Waals surface area contributed by atoms with Crippen LogP contribution in [0.5, 0.6) is 0 Å². The van der Waals surface area contributed by atoms with Crippen LogP contribution < -0.4 is 10.9 Å². The Hall–Kier alpha value is -2.52. The van der Waals surface area contributed by atoms with Crippen LogP contribution in [0.15, 0.2) is 34.6 Å². The van der Waals surface area contributed by atoms with Crippen molar-refractivity contribution in [2.45, 2.75) is 44.3 Å². The van der Waals surface area contributed by atoms with Crippen molar-refractivity contribution in [2.24, 2.45) is 17.8 Å². The van der Waals surface area contributed by atoms with E-state index in [0.717, 1.165) is 25.7 Å². The van der Waals surface area contributed by atoms with E-state index in [0.29, 0.717) is 17.4 Å². The summed E-state index contributed by atoms with van der Waals surface area (Å²) in [5, 5.41) is 15.4. The number of thiazole rings is 1. The van der Waals surface area contributed by atoms with Crippen LogP contribution in [0.2, 0.25) is 0 Å². The first kappa shape index (κ1) is 19.4. The van der Waals surface area contributed by atoms with Crippen LogP contribution in [0.4, 0.5) is 5.13 Å². The van der Waals surface area contributed by atoms with Gasteiger partial charge in [0.2, 0.25) is 11.8 Å². The molecule has 2 fully saturated rings. The first-order valence-corrected chi connectivity index (χ1v) is 11.3. The van der Waals surface area contributed by atoms with Crippen molar-refractivity contribution in [3.63, 3.8) is 0 Å². The smallest absolute Gasteiger partial charge is 0.250 e. The second-order valence-corrected chi connectivity index (χ2v) is 9.23. The Morgan fingerprint density at radius 1 is 1.27 bits per heavy atom. The second-order valence-electron chi connectivity index (χ2n) is 8.34. The average molecular weight is 429 g/mol. The first-order chi connectivity index (χ1) is 14.6. The van der Waals surface area contributed by atoms with Crippen molar-refractivity contribution >= 4 is 28.3 Å². The summed E-state index contributed by atoms with van der Waals surface area (Å²) in [6.07, 6.45) is 5.40. The number of amides is 2. The predicted molar refractivity (Wildman–Crippen MR) is 111 cm³/mol. The maximum Gasteiger partial charge on any atom is 0.250 e. The third kappa shape index (κ3) is 2.99. The molecule has 2 aromatic rings. The second kappa shape index (κ2) is 7.63. The fraction of sp³-hybridized carbons (Fsp3) is 0.524. The number of aromatic nitrogens is 2. The Bertz CT molecular complexity index is 1010. The largest absolute Gasteiger partial charge is 0.396 e. The van der Waals surface area contributed by atoms with Crippen LogP contribution in [-0.4, -0.2) is 44.0 Å². The monoisotopic (exact) mass is 428 g/mol. The number of carbonyl (C=O) groups is 2. The molecule has 2 N–H and O–H groups in total. The van der Waals surface area contributed by atoms with E-state index in [9.17, 15) is 19.5 Å². The third-order valence-corrected chi connectivity index (χ3v) is 7.53. The van der Waals surface area contributed by atoms with E-state index >= 15 is 0 Å². The zero-order valence-electron chi connectivity index (χ0n) is 16.4. The molecule has 2 aliphatic heterocycles. The van der Waals surface area contributed by atoms with Crippen LogP contribution in [-0.2, 0) is 16.1 Å². The molecule has 30 heavy (non-hydrogen) atoms. The molecule has 4 heterocycles. The molecule has 2 aromatic heterocycles. The van der Waals surface area contributed by atoms with Gasteiger partial charge < -0.3 is 19.9 Å². The Morgan fingerprint density at radius 3 is 2.77 bits per heavy atom. The molecule has 1 saturated carbocycles. The number of aliphatic hydroxyl groups excluding tert-OH is 1. The molecule has 8 nitrogen and oxygen atoms in total. The summed E-state index contributed by atoms with van der Waals surface area (Å²) in [7, 11) is 0. The number of hydrogen-bond donors (Lipinski definition) is 2. The highest BCUT2D eigenvalue weighted by Crippen LogP contribution is 2.49. The molecule has 1 aliphatic carbocycles.